The third kappa shape index (κ3) is 2.59. The van der Waals surface area contributed by atoms with Crippen LogP contribution in [0.3, 0.4) is 0 Å². The maximum atomic E-state index is 12.4. The number of hydrogen-bond acceptors (Lipinski definition) is 5. The van der Waals surface area contributed by atoms with E-state index in [1.54, 1.807) is 6.20 Å². The normalized spacial score (nSPS) is 31.7. The van der Waals surface area contributed by atoms with Gasteiger partial charge >= 0.3 is 0 Å². The molecule has 1 aromatic heterocycles. The molecule has 2 fully saturated rings. The molecule has 0 saturated carbocycles. The highest BCUT2D eigenvalue weighted by atomic mass is 32.1. The molecular weight excluding hydrogens is 272 g/mol. The first-order valence-electron chi connectivity index (χ1n) is 7.51. The minimum Gasteiger partial charge on any atom is -0.336 e. The van der Waals surface area contributed by atoms with E-state index < -0.39 is 0 Å². The molecule has 1 aromatic rings. The lowest BCUT2D eigenvalue weighted by atomic mass is 10.0. The van der Waals surface area contributed by atoms with Gasteiger partial charge in [-0.3, -0.25) is 9.69 Å². The molecule has 5 nitrogen and oxygen atoms in total. The average molecular weight is 294 g/mol. The van der Waals surface area contributed by atoms with Crippen LogP contribution < -0.4 is 0 Å². The number of carbonyl (C=O) groups excluding carboxylic acids is 1. The second kappa shape index (κ2) is 5.77. The highest BCUT2D eigenvalue weighted by molar-refractivity contribution is 6.99. The van der Waals surface area contributed by atoms with Crippen LogP contribution in [-0.4, -0.2) is 55.7 Å². The molecule has 20 heavy (non-hydrogen) atoms. The smallest absolute Gasteiger partial charge is 0.275 e. The van der Waals surface area contributed by atoms with Crippen LogP contribution in [0, 0.1) is 0 Å². The van der Waals surface area contributed by atoms with Crippen LogP contribution >= 0.6 is 11.7 Å². The maximum Gasteiger partial charge on any atom is 0.275 e. The quantitative estimate of drug-likeness (QED) is 0.837. The third-order valence-electron chi connectivity index (χ3n) is 4.71. The molecule has 2 aliphatic rings. The average Bonchev–Trinajstić information content (AvgIpc) is 3.09. The molecule has 0 radical (unpaired) electrons. The lowest BCUT2D eigenvalue weighted by Crippen LogP contribution is -2.52. The van der Waals surface area contributed by atoms with Crippen LogP contribution in [-0.2, 0) is 0 Å². The summed E-state index contributed by atoms with van der Waals surface area (Å²) < 4.78 is 8.00. The molecule has 0 aromatic carbocycles. The molecule has 0 bridgehead atoms. The SMILES string of the molecule is C[C@@H]1CC[C@@H](C)N1[C@@H]1CCCN(C(=O)c2cnsn2)C1. The molecule has 2 saturated heterocycles. The summed E-state index contributed by atoms with van der Waals surface area (Å²) in [5.74, 6) is 0.0444. The monoisotopic (exact) mass is 294 g/mol. The van der Waals surface area contributed by atoms with Gasteiger partial charge in [0.25, 0.3) is 5.91 Å². The Hall–Kier alpha value is -1.01. The Morgan fingerprint density at radius 3 is 2.70 bits per heavy atom. The van der Waals surface area contributed by atoms with Crippen molar-refractivity contribution in [2.45, 2.75) is 57.7 Å². The summed E-state index contributed by atoms with van der Waals surface area (Å²) in [5, 5.41) is 0. The van der Waals surface area contributed by atoms with E-state index in [0.29, 0.717) is 23.8 Å². The molecule has 3 heterocycles. The summed E-state index contributed by atoms with van der Waals surface area (Å²) in [4.78, 5) is 17.0. The summed E-state index contributed by atoms with van der Waals surface area (Å²) in [6, 6.07) is 1.80. The Bertz CT molecular complexity index is 454. The van der Waals surface area contributed by atoms with E-state index in [0.717, 1.165) is 31.2 Å². The van der Waals surface area contributed by atoms with Crippen LogP contribution in [0.15, 0.2) is 6.20 Å². The fourth-order valence-electron chi connectivity index (χ4n) is 3.74. The number of aromatic nitrogens is 2. The van der Waals surface area contributed by atoms with Crippen molar-refractivity contribution >= 4 is 17.6 Å². The van der Waals surface area contributed by atoms with Crippen molar-refractivity contribution < 1.29 is 4.79 Å². The molecule has 0 N–H and O–H groups in total. The van der Waals surface area contributed by atoms with Crippen molar-refractivity contribution in [3.8, 4) is 0 Å². The summed E-state index contributed by atoms with van der Waals surface area (Å²) in [6.07, 6.45) is 6.43. The molecular formula is C14H22N4OS. The predicted molar refractivity (Wildman–Crippen MR) is 78.8 cm³/mol. The summed E-state index contributed by atoms with van der Waals surface area (Å²) in [5.41, 5.74) is 0.498. The Labute approximate surface area is 124 Å². The number of nitrogens with zero attached hydrogens (tertiary/aromatic N) is 4. The van der Waals surface area contributed by atoms with E-state index in [-0.39, 0.29) is 5.91 Å². The van der Waals surface area contributed by atoms with Crippen LogP contribution in [0.1, 0.15) is 50.0 Å². The van der Waals surface area contributed by atoms with E-state index in [9.17, 15) is 4.79 Å². The third-order valence-corrected chi connectivity index (χ3v) is 5.18. The van der Waals surface area contributed by atoms with E-state index >= 15 is 0 Å². The Kier molecular flexibility index (Phi) is 4.03. The van der Waals surface area contributed by atoms with Crippen LogP contribution in [0.5, 0.6) is 0 Å². The highest BCUT2D eigenvalue weighted by Gasteiger charge is 2.36. The Balaban J connectivity index is 1.69. The number of amides is 1. The molecule has 0 spiro atoms. The molecule has 2 aliphatic heterocycles. The van der Waals surface area contributed by atoms with E-state index in [4.69, 9.17) is 0 Å². The van der Waals surface area contributed by atoms with Crippen molar-refractivity contribution in [2.75, 3.05) is 13.1 Å². The molecule has 0 unspecified atom stereocenters. The number of piperidine rings is 1. The summed E-state index contributed by atoms with van der Waals surface area (Å²) >= 11 is 1.10. The van der Waals surface area contributed by atoms with Crippen LogP contribution in [0.2, 0.25) is 0 Å². The first-order chi connectivity index (χ1) is 9.66. The van der Waals surface area contributed by atoms with Gasteiger partial charge in [0.05, 0.1) is 17.9 Å². The van der Waals surface area contributed by atoms with Gasteiger partial charge in [-0.25, -0.2) is 0 Å². The number of hydrogen-bond donors (Lipinski definition) is 0. The van der Waals surface area contributed by atoms with Gasteiger partial charge in [-0.15, -0.1) is 0 Å². The van der Waals surface area contributed by atoms with Gasteiger partial charge < -0.3 is 4.90 Å². The van der Waals surface area contributed by atoms with Crippen molar-refractivity contribution in [1.29, 1.82) is 0 Å². The fraction of sp³-hybridized carbons (Fsp3) is 0.786. The molecule has 3 atom stereocenters. The fourth-order valence-corrected chi connectivity index (χ4v) is 4.15. The van der Waals surface area contributed by atoms with Gasteiger partial charge in [-0.05, 0) is 39.5 Å². The van der Waals surface area contributed by atoms with Crippen LogP contribution in [0.4, 0.5) is 0 Å². The van der Waals surface area contributed by atoms with E-state index in [2.05, 4.69) is 27.5 Å². The largest absolute Gasteiger partial charge is 0.336 e. The lowest BCUT2D eigenvalue weighted by Gasteiger charge is -2.41. The van der Waals surface area contributed by atoms with Gasteiger partial charge in [0.2, 0.25) is 0 Å². The topological polar surface area (TPSA) is 49.3 Å². The van der Waals surface area contributed by atoms with Gasteiger partial charge in [-0.1, -0.05) is 0 Å². The first-order valence-corrected chi connectivity index (χ1v) is 8.24. The predicted octanol–water partition coefficient (Wildman–Crippen LogP) is 2.02. The zero-order valence-corrected chi connectivity index (χ0v) is 13.0. The van der Waals surface area contributed by atoms with Gasteiger partial charge in [0.15, 0.2) is 5.69 Å². The molecule has 3 rings (SSSR count). The van der Waals surface area contributed by atoms with E-state index in [1.165, 1.54) is 19.3 Å². The number of likely N-dealkylation sites (tertiary alicyclic amines) is 2. The van der Waals surface area contributed by atoms with E-state index in [1.807, 2.05) is 4.90 Å². The Morgan fingerprint density at radius 1 is 1.30 bits per heavy atom. The lowest BCUT2D eigenvalue weighted by molar-refractivity contribution is 0.0483. The first kappa shape index (κ1) is 13.9. The van der Waals surface area contributed by atoms with Crippen molar-refractivity contribution in [2.24, 2.45) is 0 Å². The standard InChI is InChI=1S/C14H22N4OS/c1-10-5-6-11(2)18(10)12-4-3-7-17(9-12)14(19)13-8-15-20-16-13/h8,10-12H,3-7,9H2,1-2H3/t10-,11-,12-/m1/s1. The Morgan fingerprint density at radius 2 is 2.05 bits per heavy atom. The van der Waals surface area contributed by atoms with Crippen LogP contribution in [0.25, 0.3) is 0 Å². The minimum atomic E-state index is 0.0444. The van der Waals surface area contributed by atoms with Crippen molar-refractivity contribution in [3.63, 3.8) is 0 Å². The second-order valence-corrected chi connectivity index (χ2v) is 6.62. The molecule has 110 valence electrons. The van der Waals surface area contributed by atoms with Gasteiger partial charge in [0.1, 0.15) is 0 Å². The number of carbonyl (C=O) groups is 1. The molecule has 0 aliphatic carbocycles. The summed E-state index contributed by atoms with van der Waals surface area (Å²) in [7, 11) is 0. The summed E-state index contributed by atoms with van der Waals surface area (Å²) in [6.45, 7) is 6.32. The maximum absolute atomic E-state index is 12.4. The van der Waals surface area contributed by atoms with Crippen molar-refractivity contribution in [3.05, 3.63) is 11.9 Å². The van der Waals surface area contributed by atoms with Gasteiger partial charge in [0, 0.05) is 31.2 Å². The minimum absolute atomic E-state index is 0.0444. The number of rotatable bonds is 2. The zero-order valence-electron chi connectivity index (χ0n) is 12.2. The van der Waals surface area contributed by atoms with Gasteiger partial charge in [-0.2, -0.15) is 8.75 Å². The highest BCUT2D eigenvalue weighted by Crippen LogP contribution is 2.30. The van der Waals surface area contributed by atoms with Crippen molar-refractivity contribution in [1.82, 2.24) is 18.5 Å². The zero-order chi connectivity index (χ0) is 14.1. The molecule has 6 heteroatoms. The molecule has 1 amide bonds. The second-order valence-electron chi connectivity index (χ2n) is 6.06.